The molecule has 0 unspecified atom stereocenters. The Morgan fingerprint density at radius 3 is 1.80 bits per heavy atom. The van der Waals surface area contributed by atoms with E-state index in [4.69, 9.17) is 9.97 Å². The van der Waals surface area contributed by atoms with Gasteiger partial charge in [-0.1, -0.05) is 146 Å². The molecule has 1 N–H and O–H groups in total. The second kappa shape index (κ2) is 11.4. The number of aromatic nitrogens is 4. The lowest BCUT2D eigenvalue weighted by atomic mass is 10.0. The van der Waals surface area contributed by atoms with E-state index in [1.54, 1.807) is 0 Å². The SMILES string of the molecule is c1ccc(-c2ccc(-c3cc(-c4cccc(-n5c6ccccc6c6ccc7c8ccccc8[nH]c7c65)c4)nc(-c4ccccc4)n3)cc2)cc1. The molecule has 0 saturated carbocycles. The summed E-state index contributed by atoms with van der Waals surface area (Å²) in [5, 5.41) is 4.90. The molecule has 50 heavy (non-hydrogen) atoms. The van der Waals surface area contributed by atoms with E-state index in [1.807, 2.05) is 24.3 Å². The number of rotatable bonds is 5. The summed E-state index contributed by atoms with van der Waals surface area (Å²) < 4.78 is 2.40. The molecule has 3 heterocycles. The van der Waals surface area contributed by atoms with Crippen LogP contribution in [0.5, 0.6) is 0 Å². The molecule has 4 nitrogen and oxygen atoms in total. The van der Waals surface area contributed by atoms with Crippen molar-refractivity contribution in [3.63, 3.8) is 0 Å². The zero-order valence-electron chi connectivity index (χ0n) is 27.1. The summed E-state index contributed by atoms with van der Waals surface area (Å²) in [6, 6.07) is 61.9. The van der Waals surface area contributed by atoms with Crippen LogP contribution in [0.4, 0.5) is 0 Å². The summed E-state index contributed by atoms with van der Waals surface area (Å²) in [7, 11) is 0. The highest BCUT2D eigenvalue weighted by molar-refractivity contribution is 6.22. The monoisotopic (exact) mass is 638 g/mol. The number of hydrogen-bond acceptors (Lipinski definition) is 2. The van der Waals surface area contributed by atoms with Crippen molar-refractivity contribution in [2.75, 3.05) is 0 Å². The number of para-hydroxylation sites is 2. The van der Waals surface area contributed by atoms with Crippen molar-refractivity contribution in [1.82, 2.24) is 19.5 Å². The molecule has 0 aliphatic carbocycles. The first kappa shape index (κ1) is 28.3. The maximum atomic E-state index is 5.16. The van der Waals surface area contributed by atoms with Gasteiger partial charge in [0, 0.05) is 49.4 Å². The molecule has 0 fully saturated rings. The van der Waals surface area contributed by atoms with Gasteiger partial charge in [0.1, 0.15) is 0 Å². The molecule has 3 aromatic heterocycles. The minimum Gasteiger partial charge on any atom is -0.353 e. The third-order valence-electron chi connectivity index (χ3n) is 9.76. The Kier molecular flexibility index (Phi) is 6.46. The Morgan fingerprint density at radius 2 is 1.00 bits per heavy atom. The van der Waals surface area contributed by atoms with Crippen molar-refractivity contribution in [1.29, 1.82) is 0 Å². The molecule has 0 aliphatic heterocycles. The van der Waals surface area contributed by atoms with Gasteiger partial charge in [-0.3, -0.25) is 0 Å². The molecule has 7 aromatic carbocycles. The lowest BCUT2D eigenvalue weighted by Gasteiger charge is -2.13. The lowest BCUT2D eigenvalue weighted by molar-refractivity contribution is 1.17. The van der Waals surface area contributed by atoms with E-state index in [9.17, 15) is 0 Å². The first-order chi connectivity index (χ1) is 24.8. The van der Waals surface area contributed by atoms with Crippen LogP contribution in [0, 0.1) is 0 Å². The van der Waals surface area contributed by atoms with Crippen LogP contribution >= 0.6 is 0 Å². The summed E-state index contributed by atoms with van der Waals surface area (Å²) in [5.74, 6) is 0.701. The van der Waals surface area contributed by atoms with E-state index in [0.29, 0.717) is 5.82 Å². The third kappa shape index (κ3) is 4.61. The van der Waals surface area contributed by atoms with Crippen LogP contribution in [-0.2, 0) is 0 Å². The van der Waals surface area contributed by atoms with Gasteiger partial charge >= 0.3 is 0 Å². The molecule has 0 aliphatic rings. The maximum absolute atomic E-state index is 5.16. The molecule has 0 atom stereocenters. The number of aromatic amines is 1. The predicted molar refractivity (Wildman–Crippen MR) is 207 cm³/mol. The first-order valence-corrected chi connectivity index (χ1v) is 16.9. The summed E-state index contributed by atoms with van der Waals surface area (Å²) >= 11 is 0. The number of nitrogens with one attached hydrogen (secondary N) is 1. The molecule has 0 saturated heterocycles. The van der Waals surface area contributed by atoms with E-state index in [2.05, 4.69) is 161 Å². The number of fused-ring (bicyclic) bond motifs is 7. The van der Waals surface area contributed by atoms with Gasteiger partial charge in [-0.25, -0.2) is 9.97 Å². The van der Waals surface area contributed by atoms with Crippen LogP contribution in [0.15, 0.2) is 176 Å². The van der Waals surface area contributed by atoms with Gasteiger partial charge < -0.3 is 9.55 Å². The van der Waals surface area contributed by atoms with Crippen LogP contribution in [0.2, 0.25) is 0 Å². The smallest absolute Gasteiger partial charge is 0.160 e. The summed E-state index contributed by atoms with van der Waals surface area (Å²) in [6.45, 7) is 0. The topological polar surface area (TPSA) is 46.5 Å². The number of H-pyrrole nitrogens is 1. The van der Waals surface area contributed by atoms with Crippen molar-refractivity contribution in [2.24, 2.45) is 0 Å². The summed E-state index contributed by atoms with van der Waals surface area (Å²) in [4.78, 5) is 14.0. The highest BCUT2D eigenvalue weighted by Crippen LogP contribution is 2.39. The fourth-order valence-corrected chi connectivity index (χ4v) is 7.37. The van der Waals surface area contributed by atoms with Crippen molar-refractivity contribution in [3.8, 4) is 50.7 Å². The van der Waals surface area contributed by atoms with Gasteiger partial charge in [0.15, 0.2) is 5.82 Å². The van der Waals surface area contributed by atoms with E-state index in [1.165, 1.54) is 38.2 Å². The lowest BCUT2D eigenvalue weighted by Crippen LogP contribution is -1.98. The largest absolute Gasteiger partial charge is 0.353 e. The molecule has 234 valence electrons. The summed E-state index contributed by atoms with van der Waals surface area (Å²) in [5.41, 5.74) is 12.9. The second-order valence-electron chi connectivity index (χ2n) is 12.7. The Hall–Kier alpha value is -6.78. The maximum Gasteiger partial charge on any atom is 0.160 e. The van der Waals surface area contributed by atoms with Gasteiger partial charge in [0.05, 0.1) is 27.9 Å². The molecule has 0 spiro atoms. The number of nitrogens with zero attached hydrogens (tertiary/aromatic N) is 3. The summed E-state index contributed by atoms with van der Waals surface area (Å²) in [6.07, 6.45) is 0. The molecule has 4 heteroatoms. The van der Waals surface area contributed by atoms with E-state index in [0.717, 1.165) is 50.3 Å². The zero-order chi connectivity index (χ0) is 33.0. The highest BCUT2D eigenvalue weighted by atomic mass is 15.0. The Morgan fingerprint density at radius 1 is 0.400 bits per heavy atom. The van der Waals surface area contributed by atoms with Crippen LogP contribution in [0.3, 0.4) is 0 Å². The van der Waals surface area contributed by atoms with Gasteiger partial charge in [0.25, 0.3) is 0 Å². The Bertz CT molecular complexity index is 2850. The van der Waals surface area contributed by atoms with Gasteiger partial charge in [-0.15, -0.1) is 0 Å². The zero-order valence-corrected chi connectivity index (χ0v) is 27.1. The fourth-order valence-electron chi connectivity index (χ4n) is 7.37. The van der Waals surface area contributed by atoms with E-state index in [-0.39, 0.29) is 0 Å². The number of hydrogen-bond donors (Lipinski definition) is 1. The molecule has 10 aromatic rings. The molecular weight excluding hydrogens is 609 g/mol. The second-order valence-corrected chi connectivity index (χ2v) is 12.7. The van der Waals surface area contributed by atoms with Crippen LogP contribution in [-0.4, -0.2) is 19.5 Å². The van der Waals surface area contributed by atoms with Crippen LogP contribution in [0.25, 0.3) is 94.3 Å². The molecular formula is C46H30N4. The van der Waals surface area contributed by atoms with Crippen molar-refractivity contribution in [2.45, 2.75) is 0 Å². The Balaban J connectivity index is 1.16. The van der Waals surface area contributed by atoms with Gasteiger partial charge in [0.2, 0.25) is 0 Å². The first-order valence-electron chi connectivity index (χ1n) is 16.9. The molecule has 10 rings (SSSR count). The van der Waals surface area contributed by atoms with Crippen molar-refractivity contribution >= 4 is 43.6 Å². The van der Waals surface area contributed by atoms with E-state index >= 15 is 0 Å². The Labute approximate surface area is 289 Å². The quantitative estimate of drug-likeness (QED) is 0.204. The molecule has 0 amide bonds. The average molecular weight is 639 g/mol. The average Bonchev–Trinajstić information content (AvgIpc) is 3.75. The van der Waals surface area contributed by atoms with Gasteiger partial charge in [-0.05, 0) is 41.5 Å². The standard InChI is InChI=1S/C46H30N4/c1-3-12-30(13-4-1)31-22-24-32(25-23-31)41-29-42(49-46(48-41)33-14-5-2-6-15-33)34-16-11-17-35(28-34)50-43-21-10-8-19-37(43)39-27-26-38-36-18-7-9-20-40(36)47-44(38)45(39)50/h1-29,47H. The predicted octanol–water partition coefficient (Wildman–Crippen LogP) is 11.9. The number of benzene rings is 7. The van der Waals surface area contributed by atoms with Crippen molar-refractivity contribution in [3.05, 3.63) is 176 Å². The van der Waals surface area contributed by atoms with Gasteiger partial charge in [-0.2, -0.15) is 0 Å². The molecule has 0 radical (unpaired) electrons. The minimum atomic E-state index is 0.701. The third-order valence-corrected chi connectivity index (χ3v) is 9.76. The fraction of sp³-hybridized carbons (Fsp3) is 0. The highest BCUT2D eigenvalue weighted by Gasteiger charge is 2.18. The van der Waals surface area contributed by atoms with E-state index < -0.39 is 0 Å². The van der Waals surface area contributed by atoms with Crippen LogP contribution < -0.4 is 0 Å². The normalized spacial score (nSPS) is 11.6. The minimum absolute atomic E-state index is 0.701. The molecule has 0 bridgehead atoms. The van der Waals surface area contributed by atoms with Crippen molar-refractivity contribution < 1.29 is 0 Å². The van der Waals surface area contributed by atoms with Crippen LogP contribution in [0.1, 0.15) is 0 Å².